The molecule has 1 atom stereocenters. The summed E-state index contributed by atoms with van der Waals surface area (Å²) in [5.41, 5.74) is 3.43. The standard InChI is InChI=1S/C32H31N3O6S/c1-6-39-30(37)22-10-8-9-21(17-22)25-16-15-24(41-25)18-26-29(36)35-28(20-11-13-23(14-12-20)34(4)5)27(31(38)40-7-2)19(3)33-32(35)42-26/h8-18,28H,6-7H2,1-5H3/b26-18-/t28-/m1/s1. The van der Waals surface area contributed by atoms with Crippen LogP contribution in [0.2, 0.25) is 0 Å². The van der Waals surface area contributed by atoms with E-state index in [9.17, 15) is 14.4 Å². The molecule has 0 unspecified atom stereocenters. The summed E-state index contributed by atoms with van der Waals surface area (Å²) in [5.74, 6) is 0.0931. The Labute approximate surface area is 246 Å². The number of nitrogens with zero attached hydrogens (tertiary/aromatic N) is 3. The SMILES string of the molecule is CCOC(=O)C1=C(C)N=c2s/c(=C\c3ccc(-c4cccc(C(=O)OCC)c4)o3)c(=O)n2[C@@H]1c1ccc(N(C)C)cc1. The van der Waals surface area contributed by atoms with Gasteiger partial charge in [-0.3, -0.25) is 9.36 Å². The van der Waals surface area contributed by atoms with Gasteiger partial charge in [0.05, 0.1) is 40.6 Å². The Morgan fingerprint density at radius 1 is 1.02 bits per heavy atom. The maximum absolute atomic E-state index is 13.9. The van der Waals surface area contributed by atoms with Gasteiger partial charge in [-0.15, -0.1) is 0 Å². The van der Waals surface area contributed by atoms with Crippen LogP contribution in [0.15, 0.2) is 86.1 Å². The minimum absolute atomic E-state index is 0.204. The van der Waals surface area contributed by atoms with E-state index in [1.54, 1.807) is 61.7 Å². The monoisotopic (exact) mass is 585 g/mol. The van der Waals surface area contributed by atoms with E-state index < -0.39 is 18.0 Å². The Balaban J connectivity index is 1.57. The molecule has 0 radical (unpaired) electrons. The number of allylic oxidation sites excluding steroid dienone is 1. The minimum atomic E-state index is -0.698. The summed E-state index contributed by atoms with van der Waals surface area (Å²) in [6.45, 7) is 5.75. The molecule has 0 bridgehead atoms. The fraction of sp³-hybridized carbons (Fsp3) is 0.250. The predicted molar refractivity (Wildman–Crippen MR) is 161 cm³/mol. The first-order chi connectivity index (χ1) is 20.2. The number of fused-ring (bicyclic) bond motifs is 1. The number of carbonyl (C=O) groups is 2. The van der Waals surface area contributed by atoms with Gasteiger partial charge in [-0.1, -0.05) is 35.6 Å². The third kappa shape index (κ3) is 5.58. The number of carbonyl (C=O) groups excluding carboxylic acids is 2. The average Bonchev–Trinajstić information content (AvgIpc) is 3.57. The number of hydrogen-bond donors (Lipinski definition) is 0. The third-order valence-electron chi connectivity index (χ3n) is 6.80. The molecular weight excluding hydrogens is 554 g/mol. The van der Waals surface area contributed by atoms with E-state index in [1.165, 1.54) is 11.3 Å². The summed E-state index contributed by atoms with van der Waals surface area (Å²) < 4.78 is 18.5. The molecule has 0 N–H and O–H groups in total. The number of thiazole rings is 1. The molecule has 0 fully saturated rings. The van der Waals surface area contributed by atoms with Gasteiger partial charge in [0.2, 0.25) is 0 Å². The van der Waals surface area contributed by atoms with E-state index in [4.69, 9.17) is 13.9 Å². The lowest BCUT2D eigenvalue weighted by Gasteiger charge is -2.25. The van der Waals surface area contributed by atoms with E-state index in [1.807, 2.05) is 49.3 Å². The lowest BCUT2D eigenvalue weighted by atomic mass is 9.95. The Morgan fingerprint density at radius 2 is 1.74 bits per heavy atom. The second-order valence-corrected chi connectivity index (χ2v) is 10.8. The number of benzene rings is 2. The van der Waals surface area contributed by atoms with Crippen LogP contribution in [-0.2, 0) is 14.3 Å². The normalized spacial score (nSPS) is 14.8. The number of anilines is 1. The molecule has 1 aliphatic heterocycles. The first-order valence-electron chi connectivity index (χ1n) is 13.6. The molecule has 216 valence electrons. The largest absolute Gasteiger partial charge is 0.463 e. The van der Waals surface area contributed by atoms with Crippen molar-refractivity contribution >= 4 is 35.0 Å². The molecule has 42 heavy (non-hydrogen) atoms. The van der Waals surface area contributed by atoms with E-state index in [0.29, 0.717) is 43.3 Å². The van der Waals surface area contributed by atoms with Gasteiger partial charge in [0.1, 0.15) is 11.5 Å². The van der Waals surface area contributed by atoms with E-state index >= 15 is 0 Å². The molecule has 1 aliphatic rings. The van der Waals surface area contributed by atoms with Gasteiger partial charge in [-0.2, -0.15) is 0 Å². The van der Waals surface area contributed by atoms with Crippen LogP contribution in [-0.4, -0.2) is 43.8 Å². The van der Waals surface area contributed by atoms with Crippen LogP contribution in [0.3, 0.4) is 0 Å². The van der Waals surface area contributed by atoms with Crippen molar-refractivity contribution in [3.8, 4) is 11.3 Å². The molecule has 0 aliphatic carbocycles. The van der Waals surface area contributed by atoms with Crippen LogP contribution >= 0.6 is 11.3 Å². The fourth-order valence-corrected chi connectivity index (χ4v) is 5.82. The predicted octanol–water partition coefficient (Wildman–Crippen LogP) is 4.30. The van der Waals surface area contributed by atoms with Crippen LogP contribution in [0.25, 0.3) is 17.4 Å². The number of rotatable bonds is 8. The first-order valence-corrected chi connectivity index (χ1v) is 14.4. The molecule has 4 aromatic rings. The number of ether oxygens (including phenoxy) is 2. The van der Waals surface area contributed by atoms with Crippen molar-refractivity contribution in [1.29, 1.82) is 0 Å². The Bertz CT molecular complexity index is 1860. The van der Waals surface area contributed by atoms with Crippen molar-refractivity contribution in [1.82, 2.24) is 4.57 Å². The second kappa shape index (κ2) is 12.0. The smallest absolute Gasteiger partial charge is 0.338 e. The van der Waals surface area contributed by atoms with Crippen LogP contribution in [0.1, 0.15) is 48.5 Å². The molecule has 10 heteroatoms. The van der Waals surface area contributed by atoms with E-state index in [-0.39, 0.29) is 18.8 Å². The Morgan fingerprint density at radius 3 is 2.43 bits per heavy atom. The van der Waals surface area contributed by atoms with Crippen molar-refractivity contribution in [2.24, 2.45) is 4.99 Å². The molecule has 0 saturated heterocycles. The summed E-state index contributed by atoms with van der Waals surface area (Å²) in [7, 11) is 3.90. The second-order valence-electron chi connectivity index (χ2n) is 9.79. The zero-order chi connectivity index (χ0) is 30.0. The Hall–Kier alpha value is -4.70. The van der Waals surface area contributed by atoms with E-state index in [0.717, 1.165) is 11.3 Å². The summed E-state index contributed by atoms with van der Waals surface area (Å²) in [4.78, 5) is 46.2. The van der Waals surface area contributed by atoms with Crippen molar-refractivity contribution in [3.63, 3.8) is 0 Å². The van der Waals surface area contributed by atoms with Crippen molar-refractivity contribution in [2.75, 3.05) is 32.2 Å². The summed E-state index contributed by atoms with van der Waals surface area (Å²) >= 11 is 1.22. The number of furan rings is 1. The Kier molecular flexibility index (Phi) is 8.26. The van der Waals surface area contributed by atoms with Gasteiger partial charge in [0.15, 0.2) is 4.80 Å². The molecule has 2 aromatic heterocycles. The van der Waals surface area contributed by atoms with Crippen molar-refractivity contribution in [3.05, 3.63) is 109 Å². The highest BCUT2D eigenvalue weighted by molar-refractivity contribution is 7.07. The molecule has 0 spiro atoms. The zero-order valence-electron chi connectivity index (χ0n) is 24.0. The number of hydrogen-bond acceptors (Lipinski definition) is 9. The zero-order valence-corrected chi connectivity index (χ0v) is 24.9. The lowest BCUT2D eigenvalue weighted by molar-refractivity contribution is -0.139. The van der Waals surface area contributed by atoms with Gasteiger partial charge in [-0.25, -0.2) is 14.6 Å². The highest BCUT2D eigenvalue weighted by Crippen LogP contribution is 2.32. The van der Waals surface area contributed by atoms with Crippen LogP contribution in [0, 0.1) is 0 Å². The maximum Gasteiger partial charge on any atom is 0.338 e. The van der Waals surface area contributed by atoms with Gasteiger partial charge >= 0.3 is 11.9 Å². The van der Waals surface area contributed by atoms with Crippen LogP contribution < -0.4 is 19.8 Å². The highest BCUT2D eigenvalue weighted by atomic mass is 32.1. The lowest BCUT2D eigenvalue weighted by Crippen LogP contribution is -2.39. The average molecular weight is 586 g/mol. The van der Waals surface area contributed by atoms with Crippen LogP contribution in [0.5, 0.6) is 0 Å². The number of aromatic nitrogens is 1. The van der Waals surface area contributed by atoms with Gasteiger partial charge < -0.3 is 18.8 Å². The maximum atomic E-state index is 13.9. The quantitative estimate of drug-likeness (QED) is 0.284. The van der Waals surface area contributed by atoms with Crippen molar-refractivity contribution < 1.29 is 23.5 Å². The fourth-order valence-electron chi connectivity index (χ4n) is 4.79. The molecule has 0 saturated carbocycles. The van der Waals surface area contributed by atoms with Gasteiger partial charge in [0.25, 0.3) is 5.56 Å². The summed E-state index contributed by atoms with van der Waals surface area (Å²) in [6.07, 6.45) is 1.66. The minimum Gasteiger partial charge on any atom is -0.463 e. The molecule has 3 heterocycles. The van der Waals surface area contributed by atoms with Gasteiger partial charge in [0, 0.05) is 31.4 Å². The van der Waals surface area contributed by atoms with Gasteiger partial charge in [-0.05, 0) is 62.7 Å². The molecule has 9 nitrogen and oxygen atoms in total. The first kappa shape index (κ1) is 28.8. The molecular formula is C32H31N3O6S. The summed E-state index contributed by atoms with van der Waals surface area (Å²) in [6, 6.07) is 17.6. The van der Waals surface area contributed by atoms with Crippen molar-refractivity contribution in [2.45, 2.75) is 26.8 Å². The highest BCUT2D eigenvalue weighted by Gasteiger charge is 2.33. The summed E-state index contributed by atoms with van der Waals surface area (Å²) in [5, 5.41) is 0. The molecule has 5 rings (SSSR count). The molecule has 2 aromatic carbocycles. The van der Waals surface area contributed by atoms with Crippen LogP contribution in [0.4, 0.5) is 5.69 Å². The topological polar surface area (TPSA) is 103 Å². The van der Waals surface area contributed by atoms with E-state index in [2.05, 4.69) is 4.99 Å². The third-order valence-corrected chi connectivity index (χ3v) is 7.78. The molecule has 0 amide bonds. The number of esters is 2.